The van der Waals surface area contributed by atoms with Crippen LogP contribution in [0.2, 0.25) is 0 Å². The Balaban J connectivity index is 1.93. The van der Waals surface area contributed by atoms with E-state index < -0.39 is 5.97 Å². The third-order valence-electron chi connectivity index (χ3n) is 4.99. The van der Waals surface area contributed by atoms with Crippen molar-refractivity contribution < 1.29 is 19.4 Å². The number of nitrogens with zero attached hydrogens (tertiary/aromatic N) is 1. The Hall–Kier alpha value is -1.57. The Kier molecular flexibility index (Phi) is 7.37. The predicted octanol–water partition coefficient (Wildman–Crippen LogP) is 5.19. The maximum Gasteiger partial charge on any atom is 0.306 e. The van der Waals surface area contributed by atoms with Crippen molar-refractivity contribution in [3.05, 3.63) is 44.6 Å². The molecule has 0 amide bonds. The first kappa shape index (κ1) is 21.1. The average Bonchev–Trinajstić information content (AvgIpc) is 3.10. The van der Waals surface area contributed by atoms with E-state index in [2.05, 4.69) is 45.1 Å². The summed E-state index contributed by atoms with van der Waals surface area (Å²) < 4.78 is 12.6. The van der Waals surface area contributed by atoms with Crippen LogP contribution in [0.3, 0.4) is 0 Å². The lowest BCUT2D eigenvalue weighted by atomic mass is 9.93. The summed E-state index contributed by atoms with van der Waals surface area (Å²) in [5.41, 5.74) is 1.13. The fourth-order valence-corrected chi connectivity index (χ4v) is 5.26. The first-order valence-electron chi connectivity index (χ1n) is 9.65. The van der Waals surface area contributed by atoms with Crippen LogP contribution in [-0.4, -0.2) is 42.3 Å². The van der Waals surface area contributed by atoms with E-state index in [-0.39, 0.29) is 12.0 Å². The van der Waals surface area contributed by atoms with Gasteiger partial charge >= 0.3 is 5.97 Å². The number of aliphatic carboxylic acids is 1. The molecular formula is C21H26BrNO4S. The lowest BCUT2D eigenvalue weighted by molar-refractivity contribution is -0.143. The van der Waals surface area contributed by atoms with Crippen LogP contribution in [-0.2, 0) is 4.79 Å². The molecule has 0 spiro atoms. The second-order valence-corrected chi connectivity index (χ2v) is 9.26. The van der Waals surface area contributed by atoms with Gasteiger partial charge in [0.1, 0.15) is 0 Å². The number of rotatable bonds is 8. The van der Waals surface area contributed by atoms with Gasteiger partial charge in [-0.15, -0.1) is 11.3 Å². The molecular weight excluding hydrogens is 442 g/mol. The number of hydrogen-bond donors (Lipinski definition) is 1. The molecule has 1 aromatic heterocycles. The predicted molar refractivity (Wildman–Crippen MR) is 115 cm³/mol. The highest BCUT2D eigenvalue weighted by Crippen LogP contribution is 2.40. The fraction of sp³-hybridized carbons (Fsp3) is 0.476. The van der Waals surface area contributed by atoms with Crippen LogP contribution in [0.15, 0.2) is 34.1 Å². The van der Waals surface area contributed by atoms with Crippen LogP contribution in [0.25, 0.3) is 0 Å². The number of likely N-dealkylation sites (tertiary alicyclic amines) is 1. The van der Waals surface area contributed by atoms with Crippen LogP contribution >= 0.6 is 27.3 Å². The van der Waals surface area contributed by atoms with E-state index in [0.29, 0.717) is 26.1 Å². The largest absolute Gasteiger partial charge is 0.490 e. The molecule has 1 aliphatic rings. The second-order valence-electron chi connectivity index (χ2n) is 6.77. The number of thiophene rings is 1. The van der Waals surface area contributed by atoms with Crippen LogP contribution in [0.5, 0.6) is 11.5 Å². The summed E-state index contributed by atoms with van der Waals surface area (Å²) in [6.07, 6.45) is 1.35. The lowest BCUT2D eigenvalue weighted by Crippen LogP contribution is -2.39. The number of carboxylic acid groups (broad SMARTS) is 1. The minimum Gasteiger partial charge on any atom is -0.490 e. The molecule has 0 saturated carbocycles. The molecule has 1 atom stereocenters. The topological polar surface area (TPSA) is 59.0 Å². The van der Waals surface area contributed by atoms with Crippen molar-refractivity contribution in [2.45, 2.75) is 32.7 Å². The minimum atomic E-state index is -0.685. The molecule has 0 aliphatic carbocycles. The number of carbonyl (C=O) groups is 1. The maximum absolute atomic E-state index is 11.3. The van der Waals surface area contributed by atoms with E-state index in [4.69, 9.17) is 9.47 Å². The summed E-state index contributed by atoms with van der Waals surface area (Å²) in [6, 6.07) is 10.4. The van der Waals surface area contributed by atoms with E-state index in [1.165, 1.54) is 4.88 Å². The van der Waals surface area contributed by atoms with Crippen LogP contribution in [0.1, 0.15) is 43.2 Å². The van der Waals surface area contributed by atoms with Gasteiger partial charge in [-0.05, 0) is 85.5 Å². The van der Waals surface area contributed by atoms with Gasteiger partial charge in [0.15, 0.2) is 11.5 Å². The first-order chi connectivity index (χ1) is 13.5. The minimum absolute atomic E-state index is 0.0703. The molecule has 1 fully saturated rings. The molecule has 152 valence electrons. The van der Waals surface area contributed by atoms with Gasteiger partial charge in [-0.3, -0.25) is 9.69 Å². The van der Waals surface area contributed by atoms with Gasteiger partial charge in [0.05, 0.1) is 29.0 Å². The van der Waals surface area contributed by atoms with Crippen molar-refractivity contribution in [2.24, 2.45) is 5.92 Å². The Labute approximate surface area is 178 Å². The number of ether oxygens (including phenoxy) is 2. The molecule has 2 heterocycles. The highest BCUT2D eigenvalue weighted by atomic mass is 79.9. The lowest BCUT2D eigenvalue weighted by Gasteiger charge is -2.36. The van der Waals surface area contributed by atoms with Crippen molar-refractivity contribution in [1.29, 1.82) is 0 Å². The highest BCUT2D eigenvalue weighted by Gasteiger charge is 2.31. The van der Waals surface area contributed by atoms with Crippen molar-refractivity contribution in [3.63, 3.8) is 0 Å². The van der Waals surface area contributed by atoms with E-state index in [1.807, 2.05) is 19.9 Å². The molecule has 28 heavy (non-hydrogen) atoms. The van der Waals surface area contributed by atoms with E-state index in [9.17, 15) is 9.90 Å². The molecule has 0 radical (unpaired) electrons. The van der Waals surface area contributed by atoms with Gasteiger partial charge in [-0.1, -0.05) is 6.07 Å². The van der Waals surface area contributed by atoms with Gasteiger partial charge in [0, 0.05) is 4.88 Å². The van der Waals surface area contributed by atoms with Crippen molar-refractivity contribution in [1.82, 2.24) is 4.90 Å². The Morgan fingerprint density at radius 1 is 1.18 bits per heavy atom. The number of hydrogen-bond acceptors (Lipinski definition) is 5. The quantitative estimate of drug-likeness (QED) is 0.578. The summed E-state index contributed by atoms with van der Waals surface area (Å²) in [7, 11) is 0. The third-order valence-corrected chi connectivity index (χ3v) is 6.67. The van der Waals surface area contributed by atoms with Crippen molar-refractivity contribution >= 4 is 33.2 Å². The highest BCUT2D eigenvalue weighted by molar-refractivity contribution is 9.11. The normalized spacial score (nSPS) is 16.7. The molecule has 1 aliphatic heterocycles. The summed E-state index contributed by atoms with van der Waals surface area (Å²) in [5.74, 6) is 0.577. The van der Waals surface area contributed by atoms with Gasteiger partial charge < -0.3 is 14.6 Å². The molecule has 3 rings (SSSR count). The summed E-state index contributed by atoms with van der Waals surface area (Å²) in [4.78, 5) is 14.9. The van der Waals surface area contributed by atoms with Gasteiger partial charge in [-0.25, -0.2) is 0 Å². The Morgan fingerprint density at radius 2 is 1.86 bits per heavy atom. The smallest absolute Gasteiger partial charge is 0.306 e. The molecule has 0 bridgehead atoms. The standard InChI is InChI=1S/C21H26BrNO4S/c1-3-26-16-6-5-15(13-17(16)27-4-2)20(18-7-8-19(22)28-18)23-11-9-14(10-12-23)21(24)25/h5-8,13-14,20H,3-4,9-12H2,1-2H3,(H,24,25). The molecule has 1 unspecified atom stereocenters. The molecule has 2 aromatic rings. The number of carboxylic acids is 1. The third kappa shape index (κ3) is 4.88. The molecule has 5 nitrogen and oxygen atoms in total. The number of piperidine rings is 1. The first-order valence-corrected chi connectivity index (χ1v) is 11.3. The van der Waals surface area contributed by atoms with Gasteiger partial charge in [-0.2, -0.15) is 0 Å². The van der Waals surface area contributed by atoms with E-state index in [1.54, 1.807) is 11.3 Å². The second kappa shape index (κ2) is 9.76. The monoisotopic (exact) mass is 467 g/mol. The summed E-state index contributed by atoms with van der Waals surface area (Å²) >= 11 is 5.29. The zero-order chi connectivity index (χ0) is 20.1. The average molecular weight is 468 g/mol. The van der Waals surface area contributed by atoms with Crippen molar-refractivity contribution in [3.8, 4) is 11.5 Å². The molecule has 1 N–H and O–H groups in total. The van der Waals surface area contributed by atoms with Crippen LogP contribution in [0, 0.1) is 5.92 Å². The maximum atomic E-state index is 11.3. The fourth-order valence-electron chi connectivity index (χ4n) is 3.67. The van der Waals surface area contributed by atoms with Crippen LogP contribution in [0.4, 0.5) is 0 Å². The molecule has 1 saturated heterocycles. The Morgan fingerprint density at radius 3 is 2.43 bits per heavy atom. The summed E-state index contributed by atoms with van der Waals surface area (Å²) in [6.45, 7) is 6.60. The zero-order valence-electron chi connectivity index (χ0n) is 16.2. The van der Waals surface area contributed by atoms with Crippen LogP contribution < -0.4 is 9.47 Å². The van der Waals surface area contributed by atoms with Gasteiger partial charge in [0.2, 0.25) is 0 Å². The number of halogens is 1. The zero-order valence-corrected chi connectivity index (χ0v) is 18.6. The van der Waals surface area contributed by atoms with E-state index in [0.717, 1.165) is 33.9 Å². The Bertz CT molecular complexity index is 801. The van der Waals surface area contributed by atoms with Crippen molar-refractivity contribution in [2.75, 3.05) is 26.3 Å². The SMILES string of the molecule is CCOc1ccc(C(c2ccc(Br)s2)N2CCC(C(=O)O)CC2)cc1OCC. The van der Waals surface area contributed by atoms with Gasteiger partial charge in [0.25, 0.3) is 0 Å². The summed E-state index contributed by atoms with van der Waals surface area (Å²) in [5, 5.41) is 9.32. The number of benzene rings is 1. The van der Waals surface area contributed by atoms with E-state index >= 15 is 0 Å². The molecule has 1 aromatic carbocycles. The molecule has 7 heteroatoms.